The molecule has 0 spiro atoms. The van der Waals surface area contributed by atoms with Gasteiger partial charge in [-0.2, -0.15) is 0 Å². The van der Waals surface area contributed by atoms with E-state index in [2.05, 4.69) is 0 Å². The number of methoxy groups -OCH3 is 2. The van der Waals surface area contributed by atoms with Gasteiger partial charge in [0.05, 0.1) is 14.2 Å². The van der Waals surface area contributed by atoms with E-state index in [-0.39, 0.29) is 18.3 Å². The van der Waals surface area contributed by atoms with Crippen LogP contribution in [0.25, 0.3) is 0 Å². The lowest BCUT2D eigenvalue weighted by Crippen LogP contribution is -2.33. The number of nitrogens with zero attached hydrogens (tertiary/aromatic N) is 1. The van der Waals surface area contributed by atoms with Crippen LogP contribution in [0.2, 0.25) is 10.0 Å². The summed E-state index contributed by atoms with van der Waals surface area (Å²) in [4.78, 5) is 15.0. The largest absolute Gasteiger partial charge is 0.497 e. The predicted octanol–water partition coefficient (Wildman–Crippen LogP) is 6.03. The molecule has 0 aliphatic rings. The molecule has 0 fully saturated rings. The smallest absolute Gasteiger partial charge is 0.254 e. The lowest BCUT2D eigenvalue weighted by atomic mass is 10.1. The van der Waals surface area contributed by atoms with Crippen molar-refractivity contribution < 1.29 is 18.7 Å². The Bertz CT molecular complexity index is 1050. The van der Waals surface area contributed by atoms with Gasteiger partial charge in [0.2, 0.25) is 0 Å². The molecule has 4 nitrogen and oxygen atoms in total. The van der Waals surface area contributed by atoms with Crippen molar-refractivity contribution in [3.8, 4) is 11.5 Å². The van der Waals surface area contributed by atoms with Crippen molar-refractivity contribution in [1.29, 1.82) is 0 Å². The van der Waals surface area contributed by atoms with Gasteiger partial charge in [0.25, 0.3) is 5.91 Å². The molecule has 0 atom stereocenters. The lowest BCUT2D eigenvalue weighted by molar-refractivity contribution is 0.0743. The number of hydrogen-bond acceptors (Lipinski definition) is 3. The van der Waals surface area contributed by atoms with E-state index in [1.807, 2.05) is 6.07 Å². The number of halogens is 3. The summed E-state index contributed by atoms with van der Waals surface area (Å²) in [7, 11) is 3.03. The average molecular weight is 462 g/mol. The van der Waals surface area contributed by atoms with Crippen LogP contribution in [0.4, 0.5) is 4.39 Å². The third-order valence-corrected chi connectivity index (χ3v) is 5.46. The first-order valence-corrected chi connectivity index (χ1v) is 10.4. The quantitative estimate of drug-likeness (QED) is 0.410. The fourth-order valence-corrected chi connectivity index (χ4v) is 3.68. The number of benzene rings is 3. The molecular weight excluding hydrogens is 440 g/mol. The summed E-state index contributed by atoms with van der Waals surface area (Å²) in [5.41, 5.74) is 1.66. The molecular formula is C24H22Cl2FNO3. The molecule has 3 aromatic carbocycles. The molecule has 0 bridgehead atoms. The summed E-state index contributed by atoms with van der Waals surface area (Å²) >= 11 is 12.3. The lowest BCUT2D eigenvalue weighted by Gasteiger charge is -2.24. The Hall–Kier alpha value is -2.76. The predicted molar refractivity (Wildman–Crippen MR) is 121 cm³/mol. The van der Waals surface area contributed by atoms with Crippen molar-refractivity contribution in [3.05, 3.63) is 93.2 Å². The van der Waals surface area contributed by atoms with Gasteiger partial charge in [-0.1, -0.05) is 47.5 Å². The van der Waals surface area contributed by atoms with Crippen molar-refractivity contribution in [2.45, 2.75) is 13.0 Å². The molecule has 0 aliphatic carbocycles. The topological polar surface area (TPSA) is 38.8 Å². The minimum atomic E-state index is -0.368. The standard InChI is InChI=1S/C24H22Cl2FNO3/c1-30-20-11-18(12-21(14-20)31-2)24(29)28(15-17-5-3-4-6-23(17)27)10-9-16-7-8-19(25)13-22(16)26/h3-8,11-14H,9-10,15H2,1-2H3. The van der Waals surface area contributed by atoms with Crippen LogP contribution < -0.4 is 9.47 Å². The fourth-order valence-electron chi connectivity index (χ4n) is 3.18. The zero-order valence-electron chi connectivity index (χ0n) is 17.2. The van der Waals surface area contributed by atoms with Gasteiger partial charge in [0.1, 0.15) is 17.3 Å². The molecule has 0 radical (unpaired) electrons. The Morgan fingerprint density at radius 3 is 2.23 bits per heavy atom. The van der Waals surface area contributed by atoms with Crippen LogP contribution in [0, 0.1) is 5.82 Å². The van der Waals surface area contributed by atoms with Gasteiger partial charge < -0.3 is 14.4 Å². The van der Waals surface area contributed by atoms with Gasteiger partial charge in [-0.15, -0.1) is 0 Å². The van der Waals surface area contributed by atoms with Gasteiger partial charge >= 0.3 is 0 Å². The van der Waals surface area contributed by atoms with Crippen molar-refractivity contribution in [2.24, 2.45) is 0 Å². The molecule has 0 unspecified atom stereocenters. The summed E-state index contributed by atoms with van der Waals surface area (Å²) in [6.45, 7) is 0.435. The maximum Gasteiger partial charge on any atom is 0.254 e. The monoisotopic (exact) mass is 461 g/mol. The van der Waals surface area contributed by atoms with Crippen molar-refractivity contribution in [2.75, 3.05) is 20.8 Å². The zero-order chi connectivity index (χ0) is 22.4. The molecule has 162 valence electrons. The second kappa shape index (κ2) is 10.5. The fraction of sp³-hybridized carbons (Fsp3) is 0.208. The number of ether oxygens (including phenoxy) is 2. The van der Waals surface area contributed by atoms with E-state index in [0.717, 1.165) is 5.56 Å². The summed E-state index contributed by atoms with van der Waals surface area (Å²) < 4.78 is 24.9. The Kier molecular flexibility index (Phi) is 7.77. The second-order valence-electron chi connectivity index (χ2n) is 6.91. The molecule has 1 amide bonds. The Morgan fingerprint density at radius 1 is 0.935 bits per heavy atom. The maximum atomic E-state index is 14.3. The average Bonchev–Trinajstić information content (AvgIpc) is 2.78. The SMILES string of the molecule is COc1cc(OC)cc(C(=O)N(CCc2ccc(Cl)cc2Cl)Cc2ccccc2F)c1. The third kappa shape index (κ3) is 5.90. The molecule has 0 aliphatic heterocycles. The summed E-state index contributed by atoms with van der Waals surface area (Å²) in [5.74, 6) is 0.349. The van der Waals surface area contributed by atoms with E-state index in [0.29, 0.717) is 45.6 Å². The molecule has 0 saturated carbocycles. The Labute approximate surface area is 191 Å². The van der Waals surface area contributed by atoms with E-state index in [9.17, 15) is 9.18 Å². The summed E-state index contributed by atoms with van der Waals surface area (Å²) in [6.07, 6.45) is 0.483. The molecule has 0 heterocycles. The van der Waals surface area contributed by atoms with E-state index in [4.69, 9.17) is 32.7 Å². The summed E-state index contributed by atoms with van der Waals surface area (Å²) in [5, 5.41) is 1.06. The van der Waals surface area contributed by atoms with Gasteiger partial charge in [0.15, 0.2) is 0 Å². The molecule has 0 aromatic heterocycles. The van der Waals surface area contributed by atoms with Crippen molar-refractivity contribution in [1.82, 2.24) is 4.90 Å². The molecule has 3 rings (SSSR count). The van der Waals surface area contributed by atoms with Crippen LogP contribution in [0.3, 0.4) is 0 Å². The maximum absolute atomic E-state index is 14.3. The van der Waals surface area contributed by atoms with E-state index in [1.54, 1.807) is 53.4 Å². The summed E-state index contributed by atoms with van der Waals surface area (Å²) in [6, 6.07) is 16.6. The van der Waals surface area contributed by atoms with Gasteiger partial charge in [-0.05, 0) is 42.3 Å². The minimum Gasteiger partial charge on any atom is -0.497 e. The molecule has 31 heavy (non-hydrogen) atoms. The highest BCUT2D eigenvalue weighted by molar-refractivity contribution is 6.35. The highest BCUT2D eigenvalue weighted by Crippen LogP contribution is 2.25. The normalized spacial score (nSPS) is 10.6. The van der Waals surface area contributed by atoms with Crippen molar-refractivity contribution in [3.63, 3.8) is 0 Å². The Morgan fingerprint density at radius 2 is 1.61 bits per heavy atom. The van der Waals surface area contributed by atoms with Crippen LogP contribution in [0.1, 0.15) is 21.5 Å². The third-order valence-electron chi connectivity index (χ3n) is 4.87. The van der Waals surface area contributed by atoms with E-state index in [1.165, 1.54) is 20.3 Å². The van der Waals surface area contributed by atoms with Gasteiger partial charge in [-0.25, -0.2) is 4.39 Å². The zero-order valence-corrected chi connectivity index (χ0v) is 18.7. The second-order valence-corrected chi connectivity index (χ2v) is 7.75. The van der Waals surface area contributed by atoms with Crippen LogP contribution in [0.5, 0.6) is 11.5 Å². The van der Waals surface area contributed by atoms with Crippen molar-refractivity contribution >= 4 is 29.1 Å². The highest BCUT2D eigenvalue weighted by Gasteiger charge is 2.20. The first kappa shape index (κ1) is 22.9. The molecule has 0 saturated heterocycles. The van der Waals surface area contributed by atoms with Gasteiger partial charge in [-0.3, -0.25) is 4.79 Å². The van der Waals surface area contributed by atoms with Crippen LogP contribution in [-0.2, 0) is 13.0 Å². The molecule has 7 heteroatoms. The van der Waals surface area contributed by atoms with Crippen LogP contribution in [0.15, 0.2) is 60.7 Å². The van der Waals surface area contributed by atoms with E-state index >= 15 is 0 Å². The van der Waals surface area contributed by atoms with Crippen LogP contribution >= 0.6 is 23.2 Å². The first-order valence-electron chi connectivity index (χ1n) is 9.61. The number of carbonyl (C=O) groups is 1. The molecule has 0 N–H and O–H groups in total. The Balaban J connectivity index is 1.91. The number of rotatable bonds is 8. The number of amides is 1. The van der Waals surface area contributed by atoms with Gasteiger partial charge in [0, 0.05) is 40.3 Å². The number of carbonyl (C=O) groups excluding carboxylic acids is 1. The van der Waals surface area contributed by atoms with E-state index < -0.39 is 0 Å². The first-order chi connectivity index (χ1) is 14.9. The van der Waals surface area contributed by atoms with Crippen LogP contribution in [-0.4, -0.2) is 31.6 Å². The molecule has 3 aromatic rings. The minimum absolute atomic E-state index is 0.107. The number of hydrogen-bond donors (Lipinski definition) is 0. The highest BCUT2D eigenvalue weighted by atomic mass is 35.5.